The first-order valence-corrected chi connectivity index (χ1v) is 21.0. The Balaban J connectivity index is 1.02. The highest BCUT2D eigenvalue weighted by atomic mass is 16.1. The van der Waals surface area contributed by atoms with Crippen LogP contribution in [0.5, 0.6) is 0 Å². The van der Waals surface area contributed by atoms with Crippen molar-refractivity contribution in [3.8, 4) is 11.1 Å². The van der Waals surface area contributed by atoms with E-state index in [0.717, 1.165) is 49.6 Å². The molecule has 6 unspecified atom stereocenters. The fourth-order valence-corrected chi connectivity index (χ4v) is 14.2. The Morgan fingerprint density at radius 2 is 0.746 bits per heavy atom. The summed E-state index contributed by atoms with van der Waals surface area (Å²) in [7, 11) is 0. The zero-order valence-corrected chi connectivity index (χ0v) is 31.7. The van der Waals surface area contributed by atoms with Gasteiger partial charge in [-0.25, -0.2) is 0 Å². The average Bonchev–Trinajstić information content (AvgIpc) is 3.75. The van der Waals surface area contributed by atoms with Gasteiger partial charge < -0.3 is 4.40 Å². The normalized spacial score (nSPS) is 25.5. The van der Waals surface area contributed by atoms with Gasteiger partial charge in [0.15, 0.2) is 11.6 Å². The molecule has 2 aromatic heterocycles. The average molecular weight is 750 g/mol. The van der Waals surface area contributed by atoms with Crippen LogP contribution in [-0.4, -0.2) is 16.0 Å². The second-order valence-corrected chi connectivity index (χ2v) is 18.1. The van der Waals surface area contributed by atoms with Crippen LogP contribution in [0.3, 0.4) is 0 Å². The number of rotatable bonds is 1. The van der Waals surface area contributed by atoms with Gasteiger partial charge in [0.25, 0.3) is 0 Å². The molecule has 6 aliphatic carbocycles. The van der Waals surface area contributed by atoms with Gasteiger partial charge in [0.2, 0.25) is 0 Å². The van der Waals surface area contributed by atoms with Gasteiger partial charge in [-0.3, -0.25) is 9.59 Å². The van der Waals surface area contributed by atoms with E-state index >= 15 is 9.59 Å². The number of Topliss-reactive ketones (excluding diaryl/α,β-unsaturated/α-hetero) is 2. The molecule has 8 aromatic carbocycles. The van der Waals surface area contributed by atoms with E-state index in [4.69, 9.17) is 0 Å². The first-order valence-electron chi connectivity index (χ1n) is 21.0. The lowest BCUT2D eigenvalue weighted by atomic mass is 9.36. The molecule has 0 saturated heterocycles. The van der Waals surface area contributed by atoms with Crippen LogP contribution in [-0.2, 0) is 10.8 Å². The quantitative estimate of drug-likeness (QED) is 0.168. The molecular formula is C56H31NO2. The molecule has 6 aliphatic rings. The molecule has 6 atom stereocenters. The van der Waals surface area contributed by atoms with E-state index in [1.165, 1.54) is 66.4 Å². The molecule has 3 nitrogen and oxygen atoms in total. The Kier molecular flexibility index (Phi) is 4.80. The van der Waals surface area contributed by atoms with Crippen molar-refractivity contribution >= 4 is 49.7 Å². The zero-order chi connectivity index (χ0) is 38.3. The van der Waals surface area contributed by atoms with Gasteiger partial charge in [0.05, 0.1) is 28.4 Å². The van der Waals surface area contributed by atoms with E-state index in [0.29, 0.717) is 0 Å². The summed E-state index contributed by atoms with van der Waals surface area (Å²) < 4.78 is 2.39. The minimum atomic E-state index is -0.317. The van der Waals surface area contributed by atoms with E-state index in [9.17, 15) is 0 Å². The molecule has 0 saturated carbocycles. The molecule has 3 heteroatoms. The van der Waals surface area contributed by atoms with E-state index in [1.54, 1.807) is 0 Å². The molecule has 10 aromatic rings. The SMILES string of the molecule is O=C1c2cc3c(cc2C2c4ccccc4C24c2ccccc2C14)c1cc(-c2ccccc2)cc2c4cc5c(cc4n3c12)C(=O)C1c2ccccc2C12c1ccccc1C52. The maximum atomic E-state index is 15.1. The van der Waals surface area contributed by atoms with E-state index in [-0.39, 0.29) is 46.1 Å². The van der Waals surface area contributed by atoms with Crippen LogP contribution in [0, 0.1) is 0 Å². The summed E-state index contributed by atoms with van der Waals surface area (Å²) in [5.74, 6) is 0.275. The lowest BCUT2D eigenvalue weighted by molar-refractivity contribution is 0.0839. The number of aromatic nitrogens is 1. The molecule has 0 amide bonds. The summed E-state index contributed by atoms with van der Waals surface area (Å²) in [6.07, 6.45) is 0. The number of ketones is 2. The molecule has 0 N–H and O–H groups in total. The minimum Gasteiger partial charge on any atom is -0.308 e. The van der Waals surface area contributed by atoms with Crippen LogP contribution in [0.1, 0.15) is 100 Å². The van der Waals surface area contributed by atoms with Crippen molar-refractivity contribution in [1.29, 1.82) is 0 Å². The Labute approximate surface area is 338 Å². The summed E-state index contributed by atoms with van der Waals surface area (Å²) in [5.41, 5.74) is 19.1. The summed E-state index contributed by atoms with van der Waals surface area (Å²) in [6, 6.07) is 59.5. The number of hydrogen-bond donors (Lipinski definition) is 0. The van der Waals surface area contributed by atoms with Crippen molar-refractivity contribution in [2.45, 2.75) is 34.5 Å². The van der Waals surface area contributed by atoms with Crippen molar-refractivity contribution < 1.29 is 9.59 Å². The Bertz CT molecular complexity index is 3480. The lowest BCUT2D eigenvalue weighted by Crippen LogP contribution is -2.61. The van der Waals surface area contributed by atoms with E-state index in [2.05, 4.69) is 168 Å². The number of carbonyl (C=O) groups excluding carboxylic acids is 2. The molecule has 272 valence electrons. The molecule has 0 bridgehead atoms. The standard InChI is InChI=1S/C56H31NO2/c58-53-40-26-46-34(24-36(40)48-30-14-4-8-18-42(30)55(48)44-20-10-6-16-32(44)50(53)55)38-22-29(28-12-2-1-3-13-28)23-39-35-25-37-41(27-47(35)57(46)52(38)39)54(59)51-33-17-7-11-21-45(33)56(51)43-19-9-5-15-31(43)49(37)56/h1-27,48-51H. The van der Waals surface area contributed by atoms with Gasteiger partial charge >= 0.3 is 0 Å². The van der Waals surface area contributed by atoms with Crippen molar-refractivity contribution in [1.82, 2.24) is 4.40 Å². The molecule has 16 rings (SSSR count). The van der Waals surface area contributed by atoms with Crippen LogP contribution in [0.25, 0.3) is 49.2 Å². The predicted molar refractivity (Wildman–Crippen MR) is 232 cm³/mol. The number of hydrogen-bond acceptors (Lipinski definition) is 2. The summed E-state index contributed by atoms with van der Waals surface area (Å²) in [4.78, 5) is 30.2. The molecule has 0 fully saturated rings. The van der Waals surface area contributed by atoms with Gasteiger partial charge in [-0.1, -0.05) is 127 Å². The van der Waals surface area contributed by atoms with Gasteiger partial charge in [-0.2, -0.15) is 0 Å². The number of nitrogens with zero attached hydrogens (tertiary/aromatic N) is 1. The van der Waals surface area contributed by atoms with Crippen molar-refractivity contribution in [2.75, 3.05) is 0 Å². The van der Waals surface area contributed by atoms with Crippen LogP contribution in [0.15, 0.2) is 164 Å². The first-order chi connectivity index (χ1) is 29.1. The third-order valence-corrected chi connectivity index (χ3v) is 16.2. The number of carbonyl (C=O) groups is 2. The highest BCUT2D eigenvalue weighted by molar-refractivity contribution is 6.27. The monoisotopic (exact) mass is 749 g/mol. The fraction of sp³-hybridized carbons (Fsp3) is 0.107. The van der Waals surface area contributed by atoms with E-state index in [1.807, 2.05) is 0 Å². The smallest absolute Gasteiger partial charge is 0.171 e. The topological polar surface area (TPSA) is 38.5 Å². The van der Waals surface area contributed by atoms with Crippen LogP contribution in [0.4, 0.5) is 0 Å². The zero-order valence-electron chi connectivity index (χ0n) is 31.7. The van der Waals surface area contributed by atoms with Crippen LogP contribution in [0.2, 0.25) is 0 Å². The largest absolute Gasteiger partial charge is 0.308 e. The van der Waals surface area contributed by atoms with Gasteiger partial charge in [0, 0.05) is 55.3 Å². The highest BCUT2D eigenvalue weighted by Gasteiger charge is 2.70. The fourth-order valence-electron chi connectivity index (χ4n) is 14.2. The third kappa shape index (κ3) is 2.90. The highest BCUT2D eigenvalue weighted by Crippen LogP contribution is 2.75. The Hall–Kier alpha value is -7.10. The Morgan fingerprint density at radius 3 is 1.19 bits per heavy atom. The van der Waals surface area contributed by atoms with E-state index < -0.39 is 0 Å². The minimum absolute atomic E-state index is 0.113. The van der Waals surface area contributed by atoms with Gasteiger partial charge in [0.1, 0.15) is 0 Å². The molecule has 59 heavy (non-hydrogen) atoms. The van der Waals surface area contributed by atoms with Gasteiger partial charge in [-0.05, 0) is 103 Å². The van der Waals surface area contributed by atoms with Crippen molar-refractivity contribution in [3.63, 3.8) is 0 Å². The second kappa shape index (κ2) is 9.44. The van der Waals surface area contributed by atoms with Crippen LogP contribution >= 0.6 is 0 Å². The summed E-state index contributed by atoms with van der Waals surface area (Å²) >= 11 is 0. The molecule has 0 aliphatic heterocycles. The molecular weight excluding hydrogens is 719 g/mol. The van der Waals surface area contributed by atoms with Crippen molar-refractivity contribution in [2.24, 2.45) is 0 Å². The third-order valence-electron chi connectivity index (χ3n) is 16.2. The molecule has 2 heterocycles. The maximum absolute atomic E-state index is 15.1. The summed E-state index contributed by atoms with van der Waals surface area (Å²) in [6.45, 7) is 0. The van der Waals surface area contributed by atoms with Crippen LogP contribution < -0.4 is 0 Å². The second-order valence-electron chi connectivity index (χ2n) is 18.1. The predicted octanol–water partition coefficient (Wildman–Crippen LogP) is 12.0. The summed E-state index contributed by atoms with van der Waals surface area (Å²) in [5, 5.41) is 4.68. The molecule has 0 radical (unpaired) electrons. The maximum Gasteiger partial charge on any atom is 0.171 e. The van der Waals surface area contributed by atoms with Crippen molar-refractivity contribution in [3.05, 3.63) is 231 Å². The lowest BCUT2D eigenvalue weighted by Gasteiger charge is -2.64. The van der Waals surface area contributed by atoms with Gasteiger partial charge in [-0.15, -0.1) is 0 Å². The number of benzene rings is 8. The molecule has 2 spiro atoms. The first kappa shape index (κ1) is 30.0. The number of fused-ring (bicyclic) bond motifs is 18. The Morgan fingerprint density at radius 1 is 0.356 bits per heavy atom.